The second-order valence-electron chi connectivity index (χ2n) is 5.84. The third kappa shape index (κ3) is 2.40. The largest absolute Gasteiger partial charge is 0.276 e. The lowest BCUT2D eigenvalue weighted by Gasteiger charge is -2.19. The highest BCUT2D eigenvalue weighted by Gasteiger charge is 2.32. The SMILES string of the molecule is Cc1ccc(N2C(=O)c3ccccc3/C2=C/c2cccnc2)cc1. The summed E-state index contributed by atoms with van der Waals surface area (Å²) in [5.41, 5.74) is 5.57. The maximum absolute atomic E-state index is 13.0. The maximum atomic E-state index is 13.0. The molecular formula is C21H16N2O. The Morgan fingerprint density at radius 2 is 1.67 bits per heavy atom. The minimum atomic E-state index is 0.00425. The van der Waals surface area contributed by atoms with Gasteiger partial charge in [0.05, 0.1) is 5.70 Å². The van der Waals surface area contributed by atoms with Crippen LogP contribution in [0.25, 0.3) is 11.8 Å². The fourth-order valence-electron chi connectivity index (χ4n) is 2.95. The van der Waals surface area contributed by atoms with E-state index in [1.165, 1.54) is 5.56 Å². The Hall–Kier alpha value is -3.20. The summed E-state index contributed by atoms with van der Waals surface area (Å²) in [6.45, 7) is 2.04. The number of aromatic nitrogens is 1. The molecule has 1 aliphatic heterocycles. The van der Waals surface area contributed by atoms with Crippen LogP contribution in [0.2, 0.25) is 0 Å². The number of amides is 1. The van der Waals surface area contributed by atoms with Gasteiger partial charge in [-0.3, -0.25) is 14.7 Å². The molecule has 0 saturated heterocycles. The van der Waals surface area contributed by atoms with Crippen molar-refractivity contribution in [3.8, 4) is 0 Å². The van der Waals surface area contributed by atoms with Crippen molar-refractivity contribution in [3.63, 3.8) is 0 Å². The average Bonchev–Trinajstić information content (AvgIpc) is 2.89. The number of rotatable bonds is 2. The first-order chi connectivity index (χ1) is 11.7. The van der Waals surface area contributed by atoms with Crippen molar-refractivity contribution < 1.29 is 4.79 Å². The molecule has 3 nitrogen and oxygen atoms in total. The molecule has 3 aromatic rings. The molecule has 0 unspecified atom stereocenters. The van der Waals surface area contributed by atoms with Crippen LogP contribution < -0.4 is 4.90 Å². The van der Waals surface area contributed by atoms with Crippen LogP contribution in [0.15, 0.2) is 73.1 Å². The van der Waals surface area contributed by atoms with E-state index in [-0.39, 0.29) is 5.91 Å². The summed E-state index contributed by atoms with van der Waals surface area (Å²) in [5.74, 6) is 0.00425. The van der Waals surface area contributed by atoms with Gasteiger partial charge in [-0.1, -0.05) is 42.0 Å². The smallest absolute Gasteiger partial charge is 0.263 e. The lowest BCUT2D eigenvalue weighted by molar-refractivity contribution is 0.101. The van der Waals surface area contributed by atoms with Crippen LogP contribution in [-0.4, -0.2) is 10.9 Å². The molecule has 0 saturated carbocycles. The Kier molecular flexibility index (Phi) is 3.47. The van der Waals surface area contributed by atoms with Crippen LogP contribution in [-0.2, 0) is 0 Å². The molecule has 116 valence electrons. The van der Waals surface area contributed by atoms with E-state index >= 15 is 0 Å². The lowest BCUT2D eigenvalue weighted by atomic mass is 10.1. The molecule has 4 rings (SSSR count). The highest BCUT2D eigenvalue weighted by atomic mass is 16.2. The second kappa shape index (κ2) is 5.78. The van der Waals surface area contributed by atoms with Gasteiger partial charge in [-0.2, -0.15) is 0 Å². The van der Waals surface area contributed by atoms with Crippen LogP contribution in [0.4, 0.5) is 5.69 Å². The van der Waals surface area contributed by atoms with Crippen LogP contribution in [0.3, 0.4) is 0 Å². The van der Waals surface area contributed by atoms with E-state index < -0.39 is 0 Å². The van der Waals surface area contributed by atoms with Gasteiger partial charge in [-0.25, -0.2) is 0 Å². The van der Waals surface area contributed by atoms with Gasteiger partial charge in [0.1, 0.15) is 0 Å². The average molecular weight is 312 g/mol. The number of hydrogen-bond donors (Lipinski definition) is 0. The zero-order valence-electron chi connectivity index (χ0n) is 13.3. The molecule has 0 atom stereocenters. The summed E-state index contributed by atoms with van der Waals surface area (Å²) < 4.78 is 0. The highest BCUT2D eigenvalue weighted by molar-refractivity contribution is 6.24. The molecule has 0 fully saturated rings. The van der Waals surface area contributed by atoms with E-state index in [2.05, 4.69) is 4.98 Å². The zero-order chi connectivity index (χ0) is 16.5. The van der Waals surface area contributed by atoms with Gasteiger partial charge in [-0.15, -0.1) is 0 Å². The number of aryl methyl sites for hydroxylation is 1. The molecule has 0 bridgehead atoms. The van der Waals surface area contributed by atoms with E-state index in [0.717, 1.165) is 28.1 Å². The minimum absolute atomic E-state index is 0.00425. The fraction of sp³-hybridized carbons (Fsp3) is 0.0476. The first-order valence-corrected chi connectivity index (χ1v) is 7.86. The van der Waals surface area contributed by atoms with E-state index in [1.54, 1.807) is 17.3 Å². The van der Waals surface area contributed by atoms with Crippen molar-refractivity contribution in [1.29, 1.82) is 0 Å². The number of anilines is 1. The summed E-state index contributed by atoms with van der Waals surface area (Å²) in [4.78, 5) is 18.9. The van der Waals surface area contributed by atoms with Crippen molar-refractivity contribution >= 4 is 23.4 Å². The third-order valence-electron chi connectivity index (χ3n) is 4.16. The van der Waals surface area contributed by atoms with Gasteiger partial charge >= 0.3 is 0 Å². The van der Waals surface area contributed by atoms with Crippen LogP contribution >= 0.6 is 0 Å². The van der Waals surface area contributed by atoms with E-state index in [9.17, 15) is 4.79 Å². The monoisotopic (exact) mass is 312 g/mol. The molecule has 1 amide bonds. The van der Waals surface area contributed by atoms with Crippen LogP contribution in [0.1, 0.15) is 27.0 Å². The summed E-state index contributed by atoms with van der Waals surface area (Å²) in [7, 11) is 0. The third-order valence-corrected chi connectivity index (χ3v) is 4.16. The molecule has 1 aliphatic rings. The molecule has 0 spiro atoms. The normalized spacial score (nSPS) is 15.0. The minimum Gasteiger partial charge on any atom is -0.276 e. The predicted molar refractivity (Wildman–Crippen MR) is 96.5 cm³/mol. The Morgan fingerprint density at radius 3 is 2.38 bits per heavy atom. The van der Waals surface area contributed by atoms with Crippen LogP contribution in [0.5, 0.6) is 0 Å². The van der Waals surface area contributed by atoms with Gasteiger partial charge in [-0.05, 0) is 42.8 Å². The standard InChI is InChI=1S/C21H16N2O/c1-15-8-10-17(11-9-15)23-20(13-16-5-4-12-22-14-16)18-6-2-3-7-19(18)21(23)24/h2-14H,1H3/b20-13-. The molecule has 0 N–H and O–H groups in total. The number of hydrogen-bond acceptors (Lipinski definition) is 2. The number of nitrogens with zero attached hydrogens (tertiary/aromatic N) is 2. The molecule has 0 radical (unpaired) electrons. The summed E-state index contributed by atoms with van der Waals surface area (Å²) in [6.07, 6.45) is 5.55. The van der Waals surface area contributed by atoms with Gasteiger partial charge in [0.2, 0.25) is 0 Å². The van der Waals surface area contributed by atoms with Crippen molar-refractivity contribution in [1.82, 2.24) is 4.98 Å². The fourth-order valence-corrected chi connectivity index (χ4v) is 2.95. The topological polar surface area (TPSA) is 33.2 Å². The second-order valence-corrected chi connectivity index (χ2v) is 5.84. The van der Waals surface area contributed by atoms with Crippen molar-refractivity contribution in [2.75, 3.05) is 4.90 Å². The van der Waals surface area contributed by atoms with E-state index in [4.69, 9.17) is 0 Å². The van der Waals surface area contributed by atoms with Crippen molar-refractivity contribution in [3.05, 3.63) is 95.3 Å². The maximum Gasteiger partial charge on any atom is 0.263 e. The molecular weight excluding hydrogens is 296 g/mol. The van der Waals surface area contributed by atoms with Gasteiger partial charge < -0.3 is 0 Å². The Labute approximate surface area is 140 Å². The van der Waals surface area contributed by atoms with Crippen molar-refractivity contribution in [2.24, 2.45) is 0 Å². The zero-order valence-corrected chi connectivity index (χ0v) is 13.3. The summed E-state index contributed by atoms with van der Waals surface area (Å²) >= 11 is 0. The predicted octanol–water partition coefficient (Wildman–Crippen LogP) is 4.55. The first kappa shape index (κ1) is 14.4. The van der Waals surface area contributed by atoms with Gasteiger partial charge in [0.25, 0.3) is 5.91 Å². The molecule has 1 aromatic heterocycles. The molecule has 24 heavy (non-hydrogen) atoms. The molecule has 2 heterocycles. The van der Waals surface area contributed by atoms with Crippen molar-refractivity contribution in [2.45, 2.75) is 6.92 Å². The summed E-state index contributed by atoms with van der Waals surface area (Å²) in [6, 6.07) is 19.6. The molecule has 2 aromatic carbocycles. The molecule has 0 aliphatic carbocycles. The number of benzene rings is 2. The number of carbonyl (C=O) groups is 1. The number of carbonyl (C=O) groups excluding carboxylic acids is 1. The highest BCUT2D eigenvalue weighted by Crippen LogP contribution is 2.37. The van der Waals surface area contributed by atoms with Gasteiger partial charge in [0, 0.05) is 29.2 Å². The number of pyridine rings is 1. The molecule has 3 heteroatoms. The Morgan fingerprint density at radius 1 is 0.917 bits per heavy atom. The summed E-state index contributed by atoms with van der Waals surface area (Å²) in [5, 5.41) is 0. The van der Waals surface area contributed by atoms with E-state index in [1.807, 2.05) is 73.7 Å². The van der Waals surface area contributed by atoms with Gasteiger partial charge in [0.15, 0.2) is 0 Å². The Balaban J connectivity index is 1.90. The lowest BCUT2D eigenvalue weighted by Crippen LogP contribution is -2.22. The van der Waals surface area contributed by atoms with Crippen LogP contribution in [0, 0.1) is 6.92 Å². The Bertz CT molecular complexity index is 928. The van der Waals surface area contributed by atoms with E-state index in [0.29, 0.717) is 0 Å². The first-order valence-electron chi connectivity index (χ1n) is 7.86. The quantitative estimate of drug-likeness (QED) is 0.695. The number of fused-ring (bicyclic) bond motifs is 1.